The number of aliphatic carboxylic acids is 1. The molecule has 0 bridgehead atoms. The van der Waals surface area contributed by atoms with Crippen LogP contribution in [0.4, 0.5) is 0 Å². The van der Waals surface area contributed by atoms with Crippen molar-refractivity contribution in [1.82, 2.24) is 16.0 Å². The molecule has 10 N–H and O–H groups in total. The summed E-state index contributed by atoms with van der Waals surface area (Å²) < 4.78 is 0. The summed E-state index contributed by atoms with van der Waals surface area (Å²) in [5.41, 5.74) is 15.7. The van der Waals surface area contributed by atoms with Crippen molar-refractivity contribution in [3.8, 4) is 0 Å². The molecule has 0 fully saturated rings. The fourth-order valence-electron chi connectivity index (χ4n) is 1.74. The summed E-state index contributed by atoms with van der Waals surface area (Å²) in [6.45, 7) is 2.69. The molecule has 0 heterocycles. The number of carbonyl (C=O) groups excluding carboxylic acids is 3. The van der Waals surface area contributed by atoms with Crippen LogP contribution in [0.3, 0.4) is 0 Å². The first-order valence-corrected chi connectivity index (χ1v) is 7.95. The molecule has 0 aliphatic carbocycles. The standard InChI is InChI=1S/C14H27N7O5/c1-7(15)11(23)20-8(2)12(24)19-6-10(22)21-9(13(25)26)4-3-5-18-14(16)17/h7-9H,3-6,15H2,1-2H3,(H,19,24)(H,20,23)(H,21,22)(H,25,26)(H4,16,17,18). The lowest BCUT2D eigenvalue weighted by Crippen LogP contribution is -2.51. The highest BCUT2D eigenvalue weighted by Crippen LogP contribution is 1.98. The van der Waals surface area contributed by atoms with Gasteiger partial charge in [0.05, 0.1) is 12.6 Å². The van der Waals surface area contributed by atoms with Crippen LogP contribution >= 0.6 is 0 Å². The Hall–Kier alpha value is -2.89. The molecule has 0 aliphatic rings. The van der Waals surface area contributed by atoms with Gasteiger partial charge in [0.2, 0.25) is 17.7 Å². The average molecular weight is 373 g/mol. The van der Waals surface area contributed by atoms with Gasteiger partial charge >= 0.3 is 5.97 Å². The SMILES string of the molecule is CC(N)C(=O)NC(C)C(=O)NCC(=O)NC(CCCN=C(N)N)C(=O)O. The summed E-state index contributed by atoms with van der Waals surface area (Å²) in [5.74, 6) is -3.11. The van der Waals surface area contributed by atoms with Crippen LogP contribution < -0.4 is 33.2 Å². The molecule has 0 aromatic rings. The minimum atomic E-state index is -1.22. The summed E-state index contributed by atoms with van der Waals surface area (Å²) in [6, 6.07) is -2.80. The molecule has 3 atom stereocenters. The fourth-order valence-corrected chi connectivity index (χ4v) is 1.74. The van der Waals surface area contributed by atoms with E-state index in [2.05, 4.69) is 20.9 Å². The smallest absolute Gasteiger partial charge is 0.326 e. The third-order valence-corrected chi connectivity index (χ3v) is 3.17. The van der Waals surface area contributed by atoms with Gasteiger partial charge in [-0.05, 0) is 26.7 Å². The zero-order chi connectivity index (χ0) is 20.3. The first kappa shape index (κ1) is 23.1. The van der Waals surface area contributed by atoms with Crippen LogP contribution in [0.2, 0.25) is 0 Å². The number of hydrogen-bond acceptors (Lipinski definition) is 6. The topological polar surface area (TPSA) is 215 Å². The molecule has 0 rings (SSSR count). The molecule has 3 unspecified atom stereocenters. The van der Waals surface area contributed by atoms with Crippen molar-refractivity contribution >= 4 is 29.7 Å². The van der Waals surface area contributed by atoms with Gasteiger partial charge in [0.25, 0.3) is 0 Å². The van der Waals surface area contributed by atoms with E-state index in [4.69, 9.17) is 22.3 Å². The second kappa shape index (κ2) is 11.6. The largest absolute Gasteiger partial charge is 0.480 e. The third-order valence-electron chi connectivity index (χ3n) is 3.17. The Morgan fingerprint density at radius 3 is 2.19 bits per heavy atom. The molecule has 0 spiro atoms. The van der Waals surface area contributed by atoms with Crippen LogP contribution in [0.5, 0.6) is 0 Å². The van der Waals surface area contributed by atoms with E-state index in [1.165, 1.54) is 13.8 Å². The van der Waals surface area contributed by atoms with E-state index in [0.29, 0.717) is 6.42 Å². The van der Waals surface area contributed by atoms with Gasteiger partial charge < -0.3 is 38.3 Å². The lowest BCUT2D eigenvalue weighted by Gasteiger charge is -2.17. The van der Waals surface area contributed by atoms with Crippen molar-refractivity contribution < 1.29 is 24.3 Å². The molecule has 0 saturated heterocycles. The number of nitrogens with zero attached hydrogens (tertiary/aromatic N) is 1. The minimum absolute atomic E-state index is 0.103. The Bertz CT molecular complexity index is 546. The number of guanidine groups is 1. The second-order valence-corrected chi connectivity index (χ2v) is 5.64. The summed E-state index contributed by atoms with van der Waals surface area (Å²) >= 11 is 0. The first-order chi connectivity index (χ1) is 12.0. The number of amides is 3. The maximum Gasteiger partial charge on any atom is 0.326 e. The number of hydrogen-bond donors (Lipinski definition) is 7. The van der Waals surface area contributed by atoms with Crippen LogP contribution in [0.1, 0.15) is 26.7 Å². The zero-order valence-electron chi connectivity index (χ0n) is 14.8. The van der Waals surface area contributed by atoms with Crippen LogP contribution in [-0.4, -0.2) is 66.0 Å². The third kappa shape index (κ3) is 10.1. The summed E-state index contributed by atoms with van der Waals surface area (Å²) in [7, 11) is 0. The van der Waals surface area contributed by atoms with E-state index < -0.39 is 48.4 Å². The molecule has 26 heavy (non-hydrogen) atoms. The van der Waals surface area contributed by atoms with Gasteiger partial charge in [-0.2, -0.15) is 0 Å². The predicted molar refractivity (Wildman–Crippen MR) is 93.7 cm³/mol. The van der Waals surface area contributed by atoms with Gasteiger partial charge in [0, 0.05) is 6.54 Å². The van der Waals surface area contributed by atoms with Gasteiger partial charge in [-0.1, -0.05) is 0 Å². The molecular weight excluding hydrogens is 346 g/mol. The number of aliphatic imine (C=N–C) groups is 1. The van der Waals surface area contributed by atoms with Crippen molar-refractivity contribution in [3.05, 3.63) is 0 Å². The van der Waals surface area contributed by atoms with Crippen LogP contribution in [0.15, 0.2) is 4.99 Å². The van der Waals surface area contributed by atoms with E-state index in [1.807, 2.05) is 0 Å². The van der Waals surface area contributed by atoms with Gasteiger partial charge in [-0.3, -0.25) is 19.4 Å². The highest BCUT2D eigenvalue weighted by Gasteiger charge is 2.21. The Morgan fingerprint density at radius 1 is 1.08 bits per heavy atom. The van der Waals surface area contributed by atoms with Crippen molar-refractivity contribution in [2.75, 3.05) is 13.1 Å². The second-order valence-electron chi connectivity index (χ2n) is 5.64. The molecular formula is C14H27N7O5. The molecule has 12 nitrogen and oxygen atoms in total. The highest BCUT2D eigenvalue weighted by molar-refractivity contribution is 5.92. The van der Waals surface area contributed by atoms with Gasteiger partial charge in [0.1, 0.15) is 12.1 Å². The quantitative estimate of drug-likeness (QED) is 0.110. The van der Waals surface area contributed by atoms with Crippen LogP contribution in [-0.2, 0) is 19.2 Å². The number of nitrogens with one attached hydrogen (secondary N) is 3. The molecule has 3 amide bonds. The fraction of sp³-hybridized carbons (Fsp3) is 0.643. The normalized spacial score (nSPS) is 13.7. The van der Waals surface area contributed by atoms with Crippen LogP contribution in [0, 0.1) is 0 Å². The van der Waals surface area contributed by atoms with Crippen molar-refractivity contribution in [3.63, 3.8) is 0 Å². The van der Waals surface area contributed by atoms with Crippen molar-refractivity contribution in [2.45, 2.75) is 44.8 Å². The van der Waals surface area contributed by atoms with Crippen molar-refractivity contribution in [2.24, 2.45) is 22.2 Å². The van der Waals surface area contributed by atoms with Gasteiger partial charge in [-0.15, -0.1) is 0 Å². The number of carbonyl (C=O) groups is 4. The Kier molecular flexibility index (Phi) is 10.3. The monoisotopic (exact) mass is 373 g/mol. The minimum Gasteiger partial charge on any atom is -0.480 e. The lowest BCUT2D eigenvalue weighted by molar-refractivity contribution is -0.142. The molecule has 0 aromatic heterocycles. The molecule has 148 valence electrons. The maximum absolute atomic E-state index is 11.8. The van der Waals surface area contributed by atoms with Crippen molar-refractivity contribution in [1.29, 1.82) is 0 Å². The van der Waals surface area contributed by atoms with Gasteiger partial charge in [0.15, 0.2) is 5.96 Å². The molecule has 0 aliphatic heterocycles. The number of carboxylic acids is 1. The van der Waals surface area contributed by atoms with E-state index in [9.17, 15) is 19.2 Å². The molecule has 0 saturated carbocycles. The number of carboxylic acid groups (broad SMARTS) is 1. The van der Waals surface area contributed by atoms with Gasteiger partial charge in [-0.25, -0.2) is 4.79 Å². The Labute approximate surface area is 150 Å². The molecule has 0 aromatic carbocycles. The van der Waals surface area contributed by atoms with E-state index in [-0.39, 0.29) is 18.9 Å². The summed E-state index contributed by atoms with van der Waals surface area (Å²) in [5, 5.41) is 16.1. The first-order valence-electron chi connectivity index (χ1n) is 7.95. The Balaban J connectivity index is 4.34. The van der Waals surface area contributed by atoms with E-state index in [1.54, 1.807) is 0 Å². The lowest BCUT2D eigenvalue weighted by atomic mass is 10.1. The van der Waals surface area contributed by atoms with E-state index >= 15 is 0 Å². The highest BCUT2D eigenvalue weighted by atomic mass is 16.4. The van der Waals surface area contributed by atoms with Crippen LogP contribution in [0.25, 0.3) is 0 Å². The maximum atomic E-state index is 11.8. The van der Waals surface area contributed by atoms with E-state index in [0.717, 1.165) is 0 Å². The number of rotatable bonds is 11. The number of nitrogens with two attached hydrogens (primary N) is 3. The predicted octanol–water partition coefficient (Wildman–Crippen LogP) is -3.42. The Morgan fingerprint density at radius 2 is 1.69 bits per heavy atom. The summed E-state index contributed by atoms with van der Waals surface area (Å²) in [6.07, 6.45) is 0.467. The average Bonchev–Trinajstić information content (AvgIpc) is 2.54. The summed E-state index contributed by atoms with van der Waals surface area (Å²) in [4.78, 5) is 49.9. The molecule has 0 radical (unpaired) electrons. The molecule has 12 heteroatoms. The zero-order valence-corrected chi connectivity index (χ0v) is 14.8.